The fourth-order valence-electron chi connectivity index (χ4n) is 1.98. The third-order valence-electron chi connectivity index (χ3n) is 3.93. The molecule has 0 bridgehead atoms. The van der Waals surface area contributed by atoms with Crippen LogP contribution in [0.5, 0.6) is 5.75 Å². The summed E-state index contributed by atoms with van der Waals surface area (Å²) in [6.07, 6.45) is 0. The van der Waals surface area contributed by atoms with Gasteiger partial charge in [-0.3, -0.25) is 4.79 Å². The van der Waals surface area contributed by atoms with Crippen LogP contribution >= 0.6 is 11.3 Å². The maximum atomic E-state index is 12.4. The number of hydrogen-bond donors (Lipinski definition) is 1. The molecule has 0 spiro atoms. The quantitative estimate of drug-likeness (QED) is 0.839. The molecule has 2 aromatic rings. The molecule has 1 unspecified atom stereocenters. The molecule has 0 fully saturated rings. The SMILES string of the molecule is CCOc1ccc(-c2ccc(C(=O)NC(C)C(C)(C)C)s2)cc1. The van der Waals surface area contributed by atoms with Crippen LogP contribution < -0.4 is 10.1 Å². The maximum absolute atomic E-state index is 12.4. The predicted octanol–water partition coefficient (Wildman–Crippen LogP) is 4.98. The summed E-state index contributed by atoms with van der Waals surface area (Å²) in [5.74, 6) is 0.861. The highest BCUT2D eigenvalue weighted by atomic mass is 32.1. The first-order valence-corrected chi connectivity index (χ1v) is 8.77. The van der Waals surface area contributed by atoms with Gasteiger partial charge >= 0.3 is 0 Å². The van der Waals surface area contributed by atoms with E-state index in [1.54, 1.807) is 0 Å². The van der Waals surface area contributed by atoms with Crippen molar-refractivity contribution in [2.24, 2.45) is 5.41 Å². The first-order chi connectivity index (χ1) is 10.8. The lowest BCUT2D eigenvalue weighted by atomic mass is 9.88. The molecule has 0 radical (unpaired) electrons. The van der Waals surface area contributed by atoms with Crippen LogP contribution in [0.3, 0.4) is 0 Å². The first kappa shape index (κ1) is 17.5. The number of thiophene rings is 1. The summed E-state index contributed by atoms with van der Waals surface area (Å²) in [7, 11) is 0. The van der Waals surface area contributed by atoms with Crippen LogP contribution in [0.2, 0.25) is 0 Å². The number of carbonyl (C=O) groups excluding carboxylic acids is 1. The predicted molar refractivity (Wildman–Crippen MR) is 97.3 cm³/mol. The van der Waals surface area contributed by atoms with Crippen LogP contribution in [0.15, 0.2) is 36.4 Å². The molecule has 1 aromatic carbocycles. The zero-order valence-corrected chi connectivity index (χ0v) is 15.3. The molecule has 3 nitrogen and oxygen atoms in total. The van der Waals surface area contributed by atoms with Crippen molar-refractivity contribution in [3.05, 3.63) is 41.3 Å². The van der Waals surface area contributed by atoms with E-state index in [-0.39, 0.29) is 17.4 Å². The van der Waals surface area contributed by atoms with Gasteiger partial charge in [-0.05, 0) is 61.2 Å². The minimum atomic E-state index is -0.00499. The number of amides is 1. The van der Waals surface area contributed by atoms with Crippen molar-refractivity contribution in [2.45, 2.75) is 40.7 Å². The molecule has 0 saturated carbocycles. The molecule has 1 aromatic heterocycles. The number of carbonyl (C=O) groups is 1. The summed E-state index contributed by atoms with van der Waals surface area (Å²) >= 11 is 1.51. The number of rotatable bonds is 5. The monoisotopic (exact) mass is 331 g/mol. The molecule has 2 rings (SSSR count). The van der Waals surface area contributed by atoms with Crippen LogP contribution in [0.25, 0.3) is 10.4 Å². The van der Waals surface area contributed by atoms with E-state index in [0.29, 0.717) is 6.61 Å². The van der Waals surface area contributed by atoms with Crippen LogP contribution in [-0.4, -0.2) is 18.6 Å². The average Bonchev–Trinajstić information content (AvgIpc) is 2.97. The van der Waals surface area contributed by atoms with Crippen molar-refractivity contribution in [2.75, 3.05) is 6.61 Å². The lowest BCUT2D eigenvalue weighted by Gasteiger charge is -2.27. The third kappa shape index (κ3) is 4.58. The molecular formula is C19H25NO2S. The normalized spacial score (nSPS) is 12.7. The Bertz CT molecular complexity index is 653. The van der Waals surface area contributed by atoms with Crippen LogP contribution in [-0.2, 0) is 0 Å². The van der Waals surface area contributed by atoms with Gasteiger partial charge in [0.15, 0.2) is 0 Å². The highest BCUT2D eigenvalue weighted by Crippen LogP contribution is 2.30. The van der Waals surface area contributed by atoms with Gasteiger partial charge in [0.25, 0.3) is 5.91 Å². The van der Waals surface area contributed by atoms with Crippen molar-refractivity contribution in [1.29, 1.82) is 0 Å². The molecule has 4 heteroatoms. The molecular weight excluding hydrogens is 306 g/mol. The second kappa shape index (κ2) is 7.18. The summed E-state index contributed by atoms with van der Waals surface area (Å²) in [5.41, 5.74) is 1.14. The molecule has 1 N–H and O–H groups in total. The molecule has 23 heavy (non-hydrogen) atoms. The molecule has 0 aliphatic rings. The molecule has 0 aliphatic carbocycles. The Kier molecular flexibility index (Phi) is 5.47. The molecule has 1 heterocycles. The maximum Gasteiger partial charge on any atom is 0.261 e. The summed E-state index contributed by atoms with van der Waals surface area (Å²) in [5, 5.41) is 3.08. The Hall–Kier alpha value is -1.81. The van der Waals surface area contributed by atoms with Crippen molar-refractivity contribution in [3.8, 4) is 16.2 Å². The Balaban J connectivity index is 2.09. The summed E-state index contributed by atoms with van der Waals surface area (Å²) in [6, 6.07) is 12.0. The van der Waals surface area contributed by atoms with Gasteiger partial charge in [0.05, 0.1) is 11.5 Å². The van der Waals surface area contributed by atoms with Gasteiger partial charge in [0.2, 0.25) is 0 Å². The molecule has 1 atom stereocenters. The minimum Gasteiger partial charge on any atom is -0.494 e. The second-order valence-corrected chi connectivity index (χ2v) is 7.77. The zero-order chi connectivity index (χ0) is 17.0. The number of ether oxygens (including phenoxy) is 1. The van der Waals surface area contributed by atoms with Gasteiger partial charge in [-0.2, -0.15) is 0 Å². The van der Waals surface area contributed by atoms with E-state index in [9.17, 15) is 4.79 Å². The van der Waals surface area contributed by atoms with Crippen LogP contribution in [0.1, 0.15) is 44.3 Å². The van der Waals surface area contributed by atoms with Crippen LogP contribution in [0, 0.1) is 5.41 Å². The highest BCUT2D eigenvalue weighted by Gasteiger charge is 2.22. The fourth-order valence-corrected chi connectivity index (χ4v) is 2.90. The lowest BCUT2D eigenvalue weighted by molar-refractivity contribution is 0.0914. The van der Waals surface area contributed by atoms with Gasteiger partial charge < -0.3 is 10.1 Å². The molecule has 124 valence electrons. The topological polar surface area (TPSA) is 38.3 Å². The fraction of sp³-hybridized carbons (Fsp3) is 0.421. The zero-order valence-electron chi connectivity index (χ0n) is 14.5. The average molecular weight is 331 g/mol. The molecule has 1 amide bonds. The highest BCUT2D eigenvalue weighted by molar-refractivity contribution is 7.17. The Morgan fingerprint density at radius 2 is 1.83 bits per heavy atom. The van der Waals surface area contributed by atoms with E-state index in [1.807, 2.05) is 50.2 Å². The van der Waals surface area contributed by atoms with Crippen molar-refractivity contribution < 1.29 is 9.53 Å². The van der Waals surface area contributed by atoms with E-state index in [1.165, 1.54) is 11.3 Å². The van der Waals surface area contributed by atoms with Gasteiger partial charge in [-0.15, -0.1) is 11.3 Å². The van der Waals surface area contributed by atoms with Gasteiger partial charge in [-0.1, -0.05) is 20.8 Å². The number of hydrogen-bond acceptors (Lipinski definition) is 3. The first-order valence-electron chi connectivity index (χ1n) is 7.95. The summed E-state index contributed by atoms with van der Waals surface area (Å²) < 4.78 is 5.46. The largest absolute Gasteiger partial charge is 0.494 e. The Morgan fingerprint density at radius 3 is 2.39 bits per heavy atom. The van der Waals surface area contributed by atoms with Crippen molar-refractivity contribution in [3.63, 3.8) is 0 Å². The van der Waals surface area contributed by atoms with E-state index in [2.05, 4.69) is 26.1 Å². The van der Waals surface area contributed by atoms with E-state index >= 15 is 0 Å². The second-order valence-electron chi connectivity index (χ2n) is 6.68. The summed E-state index contributed by atoms with van der Waals surface area (Å²) in [6.45, 7) is 11.0. The lowest BCUT2D eigenvalue weighted by Crippen LogP contribution is -2.41. The van der Waals surface area contributed by atoms with Crippen molar-refractivity contribution in [1.82, 2.24) is 5.32 Å². The molecule has 0 saturated heterocycles. The minimum absolute atomic E-state index is 0.00499. The number of benzene rings is 1. The summed E-state index contributed by atoms with van der Waals surface area (Å²) in [4.78, 5) is 14.2. The van der Waals surface area contributed by atoms with E-state index in [4.69, 9.17) is 4.74 Å². The van der Waals surface area contributed by atoms with E-state index in [0.717, 1.165) is 21.1 Å². The number of nitrogens with one attached hydrogen (secondary N) is 1. The van der Waals surface area contributed by atoms with Gasteiger partial charge in [0.1, 0.15) is 5.75 Å². The standard InChI is InChI=1S/C19H25NO2S/c1-6-22-15-9-7-14(8-10-15)16-11-12-17(23-16)18(21)20-13(2)19(3,4)5/h7-13H,6H2,1-5H3,(H,20,21). The Labute approximate surface area is 142 Å². The van der Waals surface area contributed by atoms with Crippen molar-refractivity contribution >= 4 is 17.2 Å². The third-order valence-corrected chi connectivity index (χ3v) is 5.06. The Morgan fingerprint density at radius 1 is 1.17 bits per heavy atom. The molecule has 0 aliphatic heterocycles. The smallest absolute Gasteiger partial charge is 0.261 e. The van der Waals surface area contributed by atoms with Gasteiger partial charge in [-0.25, -0.2) is 0 Å². The van der Waals surface area contributed by atoms with Crippen LogP contribution in [0.4, 0.5) is 0 Å². The van der Waals surface area contributed by atoms with E-state index < -0.39 is 0 Å². The van der Waals surface area contributed by atoms with Gasteiger partial charge in [0, 0.05) is 10.9 Å².